The molecule has 1 N–H and O–H groups in total. The van der Waals surface area contributed by atoms with Crippen LogP contribution in [0, 0.1) is 0 Å². The zero-order chi connectivity index (χ0) is 22.9. The fourth-order valence-corrected chi connectivity index (χ4v) is 4.66. The topological polar surface area (TPSA) is 66.8 Å². The number of amides is 1. The van der Waals surface area contributed by atoms with E-state index in [0.717, 1.165) is 33.0 Å². The zero-order valence-electron chi connectivity index (χ0n) is 18.1. The molecule has 4 aromatic carbocycles. The number of fused-ring (bicyclic) bond motifs is 4. The van der Waals surface area contributed by atoms with Crippen LogP contribution in [0.5, 0.6) is 0 Å². The molecule has 0 aliphatic heterocycles. The Bertz CT molecular complexity index is 1310. The number of rotatable bonds is 5. The van der Waals surface area contributed by atoms with Crippen LogP contribution in [0.1, 0.15) is 24.0 Å². The second kappa shape index (κ2) is 8.43. The van der Waals surface area contributed by atoms with Gasteiger partial charge in [-0.25, -0.2) is 9.59 Å². The highest BCUT2D eigenvalue weighted by Gasteiger charge is 2.33. The number of benzene rings is 4. The Hall–Kier alpha value is -4.12. The van der Waals surface area contributed by atoms with Gasteiger partial charge >= 0.3 is 12.1 Å². The van der Waals surface area contributed by atoms with Gasteiger partial charge in [0.15, 0.2) is 0 Å². The SMILES string of the molecule is CC(C(=O)O)N(C(=O)OCC1c2ccccc2-c2ccccc21)c1cccc2ccccc12. The molecule has 1 aliphatic carbocycles. The third-order valence-electron chi connectivity index (χ3n) is 6.30. The summed E-state index contributed by atoms with van der Waals surface area (Å²) in [7, 11) is 0. The summed E-state index contributed by atoms with van der Waals surface area (Å²) in [5.41, 5.74) is 5.00. The summed E-state index contributed by atoms with van der Waals surface area (Å²) in [6, 6.07) is 28.2. The van der Waals surface area contributed by atoms with E-state index < -0.39 is 18.1 Å². The Morgan fingerprint density at radius 2 is 1.42 bits per heavy atom. The van der Waals surface area contributed by atoms with Gasteiger partial charge in [0.1, 0.15) is 12.6 Å². The van der Waals surface area contributed by atoms with Gasteiger partial charge in [0.25, 0.3) is 0 Å². The predicted molar refractivity (Wildman–Crippen MR) is 129 cm³/mol. The molecule has 1 atom stereocenters. The molecule has 0 spiro atoms. The number of carbonyl (C=O) groups excluding carboxylic acids is 1. The molecule has 164 valence electrons. The summed E-state index contributed by atoms with van der Waals surface area (Å²) in [6.07, 6.45) is -0.678. The third kappa shape index (κ3) is 3.61. The Kier molecular flexibility index (Phi) is 5.31. The Labute approximate surface area is 191 Å². The van der Waals surface area contributed by atoms with Crippen molar-refractivity contribution in [3.8, 4) is 11.1 Å². The van der Waals surface area contributed by atoms with Crippen LogP contribution in [-0.4, -0.2) is 29.8 Å². The van der Waals surface area contributed by atoms with Crippen LogP contribution in [0.4, 0.5) is 10.5 Å². The van der Waals surface area contributed by atoms with Crippen molar-refractivity contribution >= 4 is 28.5 Å². The molecule has 4 aromatic rings. The lowest BCUT2D eigenvalue weighted by molar-refractivity contribution is -0.138. The van der Waals surface area contributed by atoms with Gasteiger partial charge in [-0.1, -0.05) is 84.9 Å². The summed E-state index contributed by atoms with van der Waals surface area (Å²) in [5, 5.41) is 11.4. The molecule has 0 saturated heterocycles. The van der Waals surface area contributed by atoms with Crippen LogP contribution >= 0.6 is 0 Å². The van der Waals surface area contributed by atoms with Crippen LogP contribution in [0.2, 0.25) is 0 Å². The molecule has 1 unspecified atom stereocenters. The summed E-state index contributed by atoms with van der Waals surface area (Å²) < 4.78 is 5.80. The van der Waals surface area contributed by atoms with E-state index in [4.69, 9.17) is 4.74 Å². The van der Waals surface area contributed by atoms with Gasteiger partial charge in [0.05, 0.1) is 5.69 Å². The first-order valence-electron chi connectivity index (χ1n) is 10.9. The number of hydrogen-bond donors (Lipinski definition) is 1. The van der Waals surface area contributed by atoms with Crippen molar-refractivity contribution in [2.75, 3.05) is 11.5 Å². The zero-order valence-corrected chi connectivity index (χ0v) is 18.1. The summed E-state index contributed by atoms with van der Waals surface area (Å²) >= 11 is 0. The minimum Gasteiger partial charge on any atom is -0.480 e. The molecule has 0 bridgehead atoms. The largest absolute Gasteiger partial charge is 0.480 e. The molecular weight excluding hydrogens is 414 g/mol. The summed E-state index contributed by atoms with van der Waals surface area (Å²) in [6.45, 7) is 1.62. The predicted octanol–water partition coefficient (Wildman–Crippen LogP) is 6.07. The van der Waals surface area contributed by atoms with Crippen molar-refractivity contribution in [3.05, 3.63) is 102 Å². The average molecular weight is 437 g/mol. The van der Waals surface area contributed by atoms with Crippen LogP contribution in [0.25, 0.3) is 21.9 Å². The van der Waals surface area contributed by atoms with Gasteiger partial charge in [-0.15, -0.1) is 0 Å². The van der Waals surface area contributed by atoms with E-state index in [-0.39, 0.29) is 12.5 Å². The maximum Gasteiger partial charge on any atom is 0.415 e. The van der Waals surface area contributed by atoms with E-state index in [0.29, 0.717) is 5.69 Å². The average Bonchev–Trinajstić information content (AvgIpc) is 3.16. The van der Waals surface area contributed by atoms with Crippen LogP contribution in [-0.2, 0) is 9.53 Å². The first-order chi connectivity index (χ1) is 16.1. The molecule has 0 saturated carbocycles. The van der Waals surface area contributed by atoms with Crippen molar-refractivity contribution in [1.29, 1.82) is 0 Å². The highest BCUT2D eigenvalue weighted by molar-refractivity contribution is 6.04. The van der Waals surface area contributed by atoms with Crippen molar-refractivity contribution in [1.82, 2.24) is 0 Å². The van der Waals surface area contributed by atoms with Crippen molar-refractivity contribution in [2.45, 2.75) is 18.9 Å². The number of carboxylic acid groups (broad SMARTS) is 1. The molecule has 0 heterocycles. The van der Waals surface area contributed by atoms with Crippen LogP contribution in [0.3, 0.4) is 0 Å². The molecular formula is C28H23NO4. The first kappa shape index (κ1) is 20.8. The standard InChI is InChI=1S/C28H23NO4/c1-18(27(30)31)29(26-16-8-10-19-9-2-3-11-20(19)26)28(32)33-17-25-23-14-6-4-12-21(23)22-13-5-7-15-24(22)25/h2-16,18,25H,17H2,1H3,(H,30,31). The van der Waals surface area contributed by atoms with Crippen molar-refractivity contribution in [2.24, 2.45) is 0 Å². The smallest absolute Gasteiger partial charge is 0.415 e. The van der Waals surface area contributed by atoms with E-state index in [9.17, 15) is 14.7 Å². The fraction of sp³-hybridized carbons (Fsp3) is 0.143. The molecule has 5 heteroatoms. The highest BCUT2D eigenvalue weighted by Crippen LogP contribution is 2.44. The Morgan fingerprint density at radius 3 is 2.09 bits per heavy atom. The monoisotopic (exact) mass is 437 g/mol. The van der Waals surface area contributed by atoms with Crippen molar-refractivity contribution in [3.63, 3.8) is 0 Å². The maximum absolute atomic E-state index is 13.4. The fourth-order valence-electron chi connectivity index (χ4n) is 4.66. The number of carbonyl (C=O) groups is 2. The summed E-state index contributed by atoms with van der Waals surface area (Å²) in [4.78, 5) is 26.5. The van der Waals surface area contributed by atoms with Gasteiger partial charge in [0.2, 0.25) is 0 Å². The number of nitrogens with zero attached hydrogens (tertiary/aromatic N) is 1. The number of anilines is 1. The van der Waals surface area contributed by atoms with E-state index in [1.54, 1.807) is 6.07 Å². The van der Waals surface area contributed by atoms with Crippen LogP contribution < -0.4 is 4.90 Å². The van der Waals surface area contributed by atoms with E-state index >= 15 is 0 Å². The minimum absolute atomic E-state index is 0.101. The van der Waals surface area contributed by atoms with E-state index in [1.807, 2.05) is 60.7 Å². The first-order valence-corrected chi connectivity index (χ1v) is 10.9. The molecule has 0 radical (unpaired) electrons. The lowest BCUT2D eigenvalue weighted by atomic mass is 9.98. The number of ether oxygens (including phenoxy) is 1. The second-order valence-corrected chi connectivity index (χ2v) is 8.19. The number of aliphatic carboxylic acids is 1. The molecule has 0 aromatic heterocycles. The molecule has 0 fully saturated rings. The Morgan fingerprint density at radius 1 is 0.848 bits per heavy atom. The van der Waals surface area contributed by atoms with Gasteiger partial charge in [0, 0.05) is 11.3 Å². The Balaban J connectivity index is 1.48. The quantitative estimate of drug-likeness (QED) is 0.412. The molecule has 1 aliphatic rings. The van der Waals surface area contributed by atoms with E-state index in [2.05, 4.69) is 24.3 Å². The normalized spacial score (nSPS) is 13.2. The number of hydrogen-bond acceptors (Lipinski definition) is 3. The lowest BCUT2D eigenvalue weighted by Crippen LogP contribution is -2.44. The lowest BCUT2D eigenvalue weighted by Gasteiger charge is -2.28. The molecule has 5 rings (SSSR count). The van der Waals surface area contributed by atoms with E-state index in [1.165, 1.54) is 11.8 Å². The van der Waals surface area contributed by atoms with Gasteiger partial charge in [-0.3, -0.25) is 4.90 Å². The van der Waals surface area contributed by atoms with Crippen molar-refractivity contribution < 1.29 is 19.4 Å². The minimum atomic E-state index is -1.10. The van der Waals surface area contributed by atoms with Crippen LogP contribution in [0.15, 0.2) is 91.0 Å². The molecule has 5 nitrogen and oxygen atoms in total. The molecule has 33 heavy (non-hydrogen) atoms. The second-order valence-electron chi connectivity index (χ2n) is 8.19. The molecule has 1 amide bonds. The number of carboxylic acids is 1. The maximum atomic E-state index is 13.4. The van der Waals surface area contributed by atoms with Gasteiger partial charge < -0.3 is 9.84 Å². The highest BCUT2D eigenvalue weighted by atomic mass is 16.6. The van der Waals surface area contributed by atoms with Gasteiger partial charge in [-0.2, -0.15) is 0 Å². The summed E-state index contributed by atoms with van der Waals surface area (Å²) in [5.74, 6) is -1.20. The van der Waals surface area contributed by atoms with Gasteiger partial charge in [-0.05, 0) is 40.6 Å². The third-order valence-corrected chi connectivity index (χ3v) is 6.30.